The first-order valence-corrected chi connectivity index (χ1v) is 11.9. The van der Waals surface area contributed by atoms with Crippen molar-refractivity contribution in [2.45, 2.75) is 83.3 Å². The van der Waals surface area contributed by atoms with Gasteiger partial charge >= 0.3 is 0 Å². The molecule has 1 fully saturated rings. The molecule has 158 valence electrons. The molecule has 0 saturated heterocycles. The lowest BCUT2D eigenvalue weighted by molar-refractivity contribution is -0.121. The van der Waals surface area contributed by atoms with Crippen LogP contribution < -0.4 is 10.9 Å². The number of fused-ring (bicyclic) bond motifs is 3. The molecule has 2 heterocycles. The third-order valence-electron chi connectivity index (χ3n) is 6.07. The zero-order valence-electron chi connectivity index (χ0n) is 17.1. The maximum Gasteiger partial charge on any atom is 0.262 e. The Bertz CT molecular complexity index is 899. The van der Waals surface area contributed by atoms with E-state index in [2.05, 4.69) is 10.3 Å². The second kappa shape index (κ2) is 9.85. The average Bonchev–Trinajstić information content (AvgIpc) is 3.13. The molecule has 1 N–H and O–H groups in total. The van der Waals surface area contributed by atoms with Crippen LogP contribution in [0.1, 0.15) is 68.2 Å². The highest BCUT2D eigenvalue weighted by molar-refractivity contribution is 7.18. The summed E-state index contributed by atoms with van der Waals surface area (Å²) in [6.45, 7) is 1.70. The molecule has 0 bridgehead atoms. The van der Waals surface area contributed by atoms with Crippen molar-refractivity contribution in [3.05, 3.63) is 27.1 Å². The number of carbonyl (C=O) groups excluding carboxylic acids is 1. The molecule has 4 rings (SSSR count). The molecule has 0 unspecified atom stereocenters. The van der Waals surface area contributed by atoms with Gasteiger partial charge in [-0.3, -0.25) is 14.2 Å². The summed E-state index contributed by atoms with van der Waals surface area (Å²) in [4.78, 5) is 31.7. The van der Waals surface area contributed by atoms with Crippen LogP contribution in [-0.4, -0.2) is 34.7 Å². The van der Waals surface area contributed by atoms with Crippen molar-refractivity contribution in [3.63, 3.8) is 0 Å². The van der Waals surface area contributed by atoms with Crippen molar-refractivity contribution in [1.82, 2.24) is 14.9 Å². The predicted molar refractivity (Wildman–Crippen MR) is 116 cm³/mol. The second-order valence-corrected chi connectivity index (χ2v) is 9.30. The Morgan fingerprint density at radius 1 is 1.21 bits per heavy atom. The average molecular weight is 418 g/mol. The van der Waals surface area contributed by atoms with Crippen LogP contribution in [0.4, 0.5) is 0 Å². The highest BCUT2D eigenvalue weighted by atomic mass is 32.1. The van der Waals surface area contributed by atoms with Gasteiger partial charge < -0.3 is 10.1 Å². The van der Waals surface area contributed by atoms with E-state index in [4.69, 9.17) is 4.74 Å². The van der Waals surface area contributed by atoms with E-state index >= 15 is 0 Å². The SMILES string of the molecule is O=C(CCn1cnc2sc3c(c2c1=O)CCCC3)NCCCOC1CCCCC1. The van der Waals surface area contributed by atoms with E-state index < -0.39 is 0 Å². The first-order valence-electron chi connectivity index (χ1n) is 11.1. The van der Waals surface area contributed by atoms with Gasteiger partial charge in [-0.25, -0.2) is 4.98 Å². The van der Waals surface area contributed by atoms with Crippen LogP contribution in [0.2, 0.25) is 0 Å². The van der Waals surface area contributed by atoms with Crippen LogP contribution in [0, 0.1) is 0 Å². The van der Waals surface area contributed by atoms with Gasteiger partial charge in [-0.2, -0.15) is 0 Å². The standard InChI is InChI=1S/C22H31N3O3S/c26-19(23-12-6-14-28-16-7-2-1-3-8-16)11-13-25-15-24-21-20(22(25)27)17-9-4-5-10-18(17)29-21/h15-16H,1-14H2,(H,23,26). The van der Waals surface area contributed by atoms with Gasteiger partial charge in [0.2, 0.25) is 5.91 Å². The highest BCUT2D eigenvalue weighted by Gasteiger charge is 2.20. The zero-order chi connectivity index (χ0) is 20.1. The smallest absolute Gasteiger partial charge is 0.262 e. The Hall–Kier alpha value is -1.73. The molecule has 2 aromatic rings. The first kappa shape index (κ1) is 20.5. The lowest BCUT2D eigenvalue weighted by atomic mass is 9.97. The molecule has 2 aliphatic rings. The molecule has 0 radical (unpaired) electrons. The van der Waals surface area contributed by atoms with Crippen LogP contribution in [-0.2, 0) is 28.9 Å². The summed E-state index contributed by atoms with van der Waals surface area (Å²) in [5.74, 6) is -0.0259. The number of nitrogens with zero attached hydrogens (tertiary/aromatic N) is 2. The van der Waals surface area contributed by atoms with Crippen LogP contribution in [0.3, 0.4) is 0 Å². The monoisotopic (exact) mass is 417 g/mol. The Labute approximate surface area is 175 Å². The molecule has 2 aliphatic carbocycles. The Kier molecular flexibility index (Phi) is 6.98. The van der Waals surface area contributed by atoms with Gasteiger partial charge in [0.1, 0.15) is 4.83 Å². The van der Waals surface area contributed by atoms with E-state index in [1.54, 1.807) is 22.2 Å². The fraction of sp³-hybridized carbons (Fsp3) is 0.682. The van der Waals surface area contributed by atoms with E-state index in [1.807, 2.05) is 0 Å². The van der Waals surface area contributed by atoms with E-state index in [1.165, 1.54) is 49.0 Å². The molecule has 0 aromatic carbocycles. The fourth-order valence-corrected chi connectivity index (χ4v) is 5.65. The number of ether oxygens (including phenoxy) is 1. The van der Waals surface area contributed by atoms with Crippen molar-refractivity contribution >= 4 is 27.5 Å². The molecule has 0 atom stereocenters. The van der Waals surface area contributed by atoms with Crippen molar-refractivity contribution in [3.8, 4) is 0 Å². The van der Waals surface area contributed by atoms with Gasteiger partial charge in [0, 0.05) is 31.0 Å². The summed E-state index contributed by atoms with van der Waals surface area (Å²) in [5, 5.41) is 3.72. The van der Waals surface area contributed by atoms with E-state index in [0.717, 1.165) is 35.9 Å². The molecule has 7 heteroatoms. The van der Waals surface area contributed by atoms with Crippen molar-refractivity contribution in [1.29, 1.82) is 0 Å². The van der Waals surface area contributed by atoms with Gasteiger partial charge in [-0.15, -0.1) is 11.3 Å². The number of thiophene rings is 1. The Morgan fingerprint density at radius 2 is 2.03 bits per heavy atom. The second-order valence-electron chi connectivity index (χ2n) is 8.22. The van der Waals surface area contributed by atoms with Gasteiger partial charge in [0.15, 0.2) is 0 Å². The van der Waals surface area contributed by atoms with E-state index in [-0.39, 0.29) is 11.5 Å². The summed E-state index contributed by atoms with van der Waals surface area (Å²) in [5.41, 5.74) is 1.20. The number of rotatable bonds is 8. The van der Waals surface area contributed by atoms with Crippen molar-refractivity contribution < 1.29 is 9.53 Å². The molecule has 6 nitrogen and oxygen atoms in total. The number of hydrogen-bond acceptors (Lipinski definition) is 5. The maximum atomic E-state index is 12.9. The van der Waals surface area contributed by atoms with Gasteiger partial charge in [0.25, 0.3) is 5.56 Å². The Balaban J connectivity index is 1.23. The first-order chi connectivity index (χ1) is 14.2. The van der Waals surface area contributed by atoms with Crippen LogP contribution >= 0.6 is 11.3 Å². The summed E-state index contributed by atoms with van der Waals surface area (Å²) in [6, 6.07) is 0. The van der Waals surface area contributed by atoms with Gasteiger partial charge in [-0.05, 0) is 50.5 Å². The molecular formula is C22H31N3O3S. The Morgan fingerprint density at radius 3 is 2.90 bits per heavy atom. The summed E-state index contributed by atoms with van der Waals surface area (Å²) in [6.07, 6.45) is 13.7. The van der Waals surface area contributed by atoms with Crippen molar-refractivity contribution in [2.75, 3.05) is 13.2 Å². The summed E-state index contributed by atoms with van der Waals surface area (Å²) >= 11 is 1.66. The van der Waals surface area contributed by atoms with E-state index in [9.17, 15) is 9.59 Å². The molecular weight excluding hydrogens is 386 g/mol. The van der Waals surface area contributed by atoms with Gasteiger partial charge in [-0.1, -0.05) is 19.3 Å². The molecule has 0 spiro atoms. The summed E-state index contributed by atoms with van der Waals surface area (Å²) in [7, 11) is 0. The zero-order valence-corrected chi connectivity index (χ0v) is 17.9. The minimum absolute atomic E-state index is 0.00285. The van der Waals surface area contributed by atoms with Crippen LogP contribution in [0.5, 0.6) is 0 Å². The van der Waals surface area contributed by atoms with Crippen LogP contribution in [0.15, 0.2) is 11.1 Å². The third-order valence-corrected chi connectivity index (χ3v) is 7.27. The largest absolute Gasteiger partial charge is 0.378 e. The number of nitrogens with one attached hydrogen (secondary N) is 1. The lowest BCUT2D eigenvalue weighted by Crippen LogP contribution is -2.29. The number of amides is 1. The quantitative estimate of drug-likeness (QED) is 0.666. The van der Waals surface area contributed by atoms with Crippen molar-refractivity contribution in [2.24, 2.45) is 0 Å². The van der Waals surface area contributed by atoms with Crippen LogP contribution in [0.25, 0.3) is 10.2 Å². The highest BCUT2D eigenvalue weighted by Crippen LogP contribution is 2.33. The normalized spacial score (nSPS) is 17.4. The molecule has 1 amide bonds. The number of carbonyl (C=O) groups is 1. The van der Waals surface area contributed by atoms with E-state index in [0.29, 0.717) is 32.2 Å². The molecule has 29 heavy (non-hydrogen) atoms. The minimum atomic E-state index is -0.0259. The maximum absolute atomic E-state index is 12.9. The van der Waals surface area contributed by atoms with Gasteiger partial charge in [0.05, 0.1) is 17.8 Å². The molecule has 1 saturated carbocycles. The number of aromatic nitrogens is 2. The topological polar surface area (TPSA) is 73.2 Å². The minimum Gasteiger partial charge on any atom is -0.378 e. The summed E-state index contributed by atoms with van der Waals surface area (Å²) < 4.78 is 7.48. The predicted octanol–water partition coefficient (Wildman–Crippen LogP) is 3.58. The fourth-order valence-electron chi connectivity index (χ4n) is 4.43. The number of aryl methyl sites for hydroxylation is 3. The lowest BCUT2D eigenvalue weighted by Gasteiger charge is -2.21. The molecule has 2 aromatic heterocycles. The number of hydrogen-bond donors (Lipinski definition) is 1. The molecule has 0 aliphatic heterocycles. The third kappa shape index (κ3) is 5.07.